The number of halogens is 1. The molecule has 4 nitrogen and oxygen atoms in total. The maximum absolute atomic E-state index is 9.43. The summed E-state index contributed by atoms with van der Waals surface area (Å²) in [5.41, 5.74) is 1.37. The van der Waals surface area contributed by atoms with Crippen LogP contribution in [-0.2, 0) is 0 Å². The molecule has 0 aliphatic rings. The fourth-order valence-electron chi connectivity index (χ4n) is 1.73. The maximum Gasteiger partial charge on any atom is 0.258 e. The molecule has 0 saturated carbocycles. The van der Waals surface area contributed by atoms with Crippen LogP contribution in [0.25, 0.3) is 22.8 Å². The minimum absolute atomic E-state index is 0.148. The quantitative estimate of drug-likeness (QED) is 0.771. The van der Waals surface area contributed by atoms with Crippen LogP contribution < -0.4 is 0 Å². The Morgan fingerprint density at radius 2 is 1.89 bits per heavy atom. The molecule has 2 aromatic carbocycles. The number of aromatic nitrogens is 2. The number of phenols is 1. The third-order valence-electron chi connectivity index (χ3n) is 2.63. The normalized spacial score (nSPS) is 10.6. The van der Waals surface area contributed by atoms with Gasteiger partial charge < -0.3 is 9.63 Å². The average Bonchev–Trinajstić information content (AvgIpc) is 2.89. The Balaban J connectivity index is 2.03. The lowest BCUT2D eigenvalue weighted by Crippen LogP contribution is -1.82. The highest BCUT2D eigenvalue weighted by Gasteiger charge is 2.12. The number of phenolic OH excluding ortho intramolecular Hbond substituents is 1. The Morgan fingerprint density at radius 3 is 2.68 bits per heavy atom. The largest absolute Gasteiger partial charge is 0.508 e. The zero-order valence-corrected chi connectivity index (χ0v) is 10.5. The molecule has 3 aromatic rings. The number of benzene rings is 2. The molecule has 0 unspecified atom stereocenters. The van der Waals surface area contributed by atoms with Crippen molar-refractivity contribution in [2.75, 3.05) is 0 Å². The van der Waals surface area contributed by atoms with Gasteiger partial charge in [-0.1, -0.05) is 35.0 Å². The Kier molecular flexibility index (Phi) is 2.93. The fraction of sp³-hybridized carbons (Fsp3) is 0. The van der Waals surface area contributed by atoms with Crippen molar-refractivity contribution in [3.05, 3.63) is 53.6 Å². The van der Waals surface area contributed by atoms with Crippen molar-refractivity contribution in [2.45, 2.75) is 0 Å². The molecule has 3 rings (SSSR count). The van der Waals surface area contributed by atoms with Gasteiger partial charge in [-0.3, -0.25) is 0 Å². The van der Waals surface area contributed by atoms with Gasteiger partial charge in [0.1, 0.15) is 5.75 Å². The van der Waals surface area contributed by atoms with E-state index in [4.69, 9.17) is 16.1 Å². The first kappa shape index (κ1) is 11.7. The van der Waals surface area contributed by atoms with E-state index in [9.17, 15) is 5.11 Å². The van der Waals surface area contributed by atoms with Gasteiger partial charge in [-0.25, -0.2) is 0 Å². The van der Waals surface area contributed by atoms with Crippen molar-refractivity contribution in [1.29, 1.82) is 0 Å². The van der Waals surface area contributed by atoms with Crippen molar-refractivity contribution in [3.8, 4) is 28.6 Å². The molecular formula is C14H9ClN2O2. The molecule has 1 aromatic heterocycles. The summed E-state index contributed by atoms with van der Waals surface area (Å²) in [4.78, 5) is 4.28. The van der Waals surface area contributed by atoms with E-state index < -0.39 is 0 Å². The summed E-state index contributed by atoms with van der Waals surface area (Å²) in [5, 5.41) is 13.9. The summed E-state index contributed by atoms with van der Waals surface area (Å²) in [6.45, 7) is 0. The number of rotatable bonds is 2. The zero-order chi connectivity index (χ0) is 13.2. The molecule has 0 bridgehead atoms. The molecule has 0 radical (unpaired) electrons. The standard InChI is InChI=1S/C14H9ClN2O2/c15-12-7-2-1-6-11(12)13-16-14(19-17-13)9-4-3-5-10(18)8-9/h1-8,18H. The maximum atomic E-state index is 9.43. The van der Waals surface area contributed by atoms with E-state index in [2.05, 4.69) is 10.1 Å². The van der Waals surface area contributed by atoms with E-state index >= 15 is 0 Å². The SMILES string of the molecule is Oc1cccc(-c2nc(-c3ccccc3Cl)no2)c1. The molecule has 0 aliphatic heterocycles. The van der Waals surface area contributed by atoms with Crippen molar-refractivity contribution >= 4 is 11.6 Å². The van der Waals surface area contributed by atoms with E-state index in [0.29, 0.717) is 27.9 Å². The van der Waals surface area contributed by atoms with Gasteiger partial charge in [-0.05, 0) is 30.3 Å². The van der Waals surface area contributed by atoms with Crippen LogP contribution >= 0.6 is 11.6 Å². The van der Waals surface area contributed by atoms with Gasteiger partial charge in [0, 0.05) is 11.1 Å². The summed E-state index contributed by atoms with van der Waals surface area (Å²) in [6.07, 6.45) is 0. The van der Waals surface area contributed by atoms with Crippen molar-refractivity contribution in [3.63, 3.8) is 0 Å². The highest BCUT2D eigenvalue weighted by atomic mass is 35.5. The van der Waals surface area contributed by atoms with Gasteiger partial charge in [-0.2, -0.15) is 4.98 Å². The van der Waals surface area contributed by atoms with Crippen LogP contribution in [0, 0.1) is 0 Å². The van der Waals surface area contributed by atoms with Crippen LogP contribution in [-0.4, -0.2) is 15.2 Å². The lowest BCUT2D eigenvalue weighted by Gasteiger charge is -1.96. The van der Waals surface area contributed by atoms with Gasteiger partial charge in [0.25, 0.3) is 5.89 Å². The Bertz CT molecular complexity index is 725. The van der Waals surface area contributed by atoms with Crippen molar-refractivity contribution in [2.24, 2.45) is 0 Å². The minimum Gasteiger partial charge on any atom is -0.508 e. The van der Waals surface area contributed by atoms with Gasteiger partial charge in [-0.15, -0.1) is 0 Å². The second kappa shape index (κ2) is 4.74. The van der Waals surface area contributed by atoms with Crippen molar-refractivity contribution in [1.82, 2.24) is 10.1 Å². The first-order valence-electron chi connectivity index (χ1n) is 5.62. The molecular weight excluding hydrogens is 264 g/mol. The van der Waals surface area contributed by atoms with Crippen molar-refractivity contribution < 1.29 is 9.63 Å². The second-order valence-electron chi connectivity index (χ2n) is 3.95. The van der Waals surface area contributed by atoms with E-state index in [1.165, 1.54) is 0 Å². The lowest BCUT2D eigenvalue weighted by atomic mass is 10.2. The molecule has 1 heterocycles. The summed E-state index contributed by atoms with van der Waals surface area (Å²) in [6, 6.07) is 13.9. The fourth-order valence-corrected chi connectivity index (χ4v) is 1.95. The first-order valence-corrected chi connectivity index (χ1v) is 6.00. The average molecular weight is 273 g/mol. The summed E-state index contributed by atoms with van der Waals surface area (Å²) < 4.78 is 5.18. The zero-order valence-electron chi connectivity index (χ0n) is 9.75. The Labute approximate surface area is 114 Å². The highest BCUT2D eigenvalue weighted by Crippen LogP contribution is 2.28. The third-order valence-corrected chi connectivity index (χ3v) is 2.96. The van der Waals surface area contributed by atoms with Crippen LogP contribution in [0.1, 0.15) is 0 Å². The number of aromatic hydroxyl groups is 1. The van der Waals surface area contributed by atoms with E-state index in [0.717, 1.165) is 0 Å². The molecule has 94 valence electrons. The van der Waals surface area contributed by atoms with Crippen LogP contribution in [0.5, 0.6) is 5.75 Å². The highest BCUT2D eigenvalue weighted by molar-refractivity contribution is 6.33. The van der Waals surface area contributed by atoms with Crippen LogP contribution in [0.3, 0.4) is 0 Å². The van der Waals surface area contributed by atoms with Crippen LogP contribution in [0.15, 0.2) is 53.1 Å². The molecule has 0 spiro atoms. The van der Waals surface area contributed by atoms with Gasteiger partial charge >= 0.3 is 0 Å². The first-order chi connectivity index (χ1) is 9.24. The molecule has 5 heteroatoms. The number of hydrogen-bond acceptors (Lipinski definition) is 4. The predicted octanol–water partition coefficient (Wildman–Crippen LogP) is 3.76. The predicted molar refractivity (Wildman–Crippen MR) is 71.8 cm³/mol. The van der Waals surface area contributed by atoms with Crippen LogP contribution in [0.4, 0.5) is 0 Å². The molecule has 0 amide bonds. The van der Waals surface area contributed by atoms with Gasteiger partial charge in [0.2, 0.25) is 5.82 Å². The Hall–Kier alpha value is -2.33. The van der Waals surface area contributed by atoms with Crippen LogP contribution in [0.2, 0.25) is 5.02 Å². The number of hydrogen-bond donors (Lipinski definition) is 1. The molecule has 0 aliphatic carbocycles. The van der Waals surface area contributed by atoms with Gasteiger partial charge in [0.15, 0.2) is 0 Å². The summed E-state index contributed by atoms with van der Waals surface area (Å²) >= 11 is 6.08. The second-order valence-corrected chi connectivity index (χ2v) is 4.36. The minimum atomic E-state index is 0.148. The third kappa shape index (κ3) is 2.30. The monoisotopic (exact) mass is 272 g/mol. The molecule has 19 heavy (non-hydrogen) atoms. The molecule has 0 saturated heterocycles. The molecule has 0 fully saturated rings. The number of nitrogens with zero attached hydrogens (tertiary/aromatic N) is 2. The lowest BCUT2D eigenvalue weighted by molar-refractivity contribution is 0.431. The summed E-state index contributed by atoms with van der Waals surface area (Å²) in [5.74, 6) is 0.907. The molecule has 0 atom stereocenters. The van der Waals surface area contributed by atoms with E-state index in [1.807, 2.05) is 18.2 Å². The smallest absolute Gasteiger partial charge is 0.258 e. The van der Waals surface area contributed by atoms with E-state index in [1.54, 1.807) is 30.3 Å². The Morgan fingerprint density at radius 1 is 1.05 bits per heavy atom. The van der Waals surface area contributed by atoms with E-state index in [-0.39, 0.29) is 5.75 Å². The molecule has 1 N–H and O–H groups in total. The van der Waals surface area contributed by atoms with Gasteiger partial charge in [0.05, 0.1) is 5.02 Å². The summed E-state index contributed by atoms with van der Waals surface area (Å²) in [7, 11) is 0. The topological polar surface area (TPSA) is 59.2 Å².